The van der Waals surface area contributed by atoms with Crippen molar-refractivity contribution in [2.45, 2.75) is 0 Å². The Morgan fingerprint density at radius 3 is 2.68 bits per heavy atom. The number of halogens is 3. The van der Waals surface area contributed by atoms with Crippen molar-refractivity contribution in [3.05, 3.63) is 55.0 Å². The fourth-order valence-electron chi connectivity index (χ4n) is 1.49. The molecule has 0 saturated heterocycles. The van der Waals surface area contributed by atoms with Crippen molar-refractivity contribution in [3.63, 3.8) is 0 Å². The van der Waals surface area contributed by atoms with Gasteiger partial charge in [-0.05, 0) is 74.9 Å². The Morgan fingerprint density at radius 1 is 1.26 bits per heavy atom. The molecule has 98 valence electrons. The van der Waals surface area contributed by atoms with E-state index < -0.39 is 0 Å². The minimum absolute atomic E-state index is 0.214. The molecule has 0 aliphatic carbocycles. The summed E-state index contributed by atoms with van der Waals surface area (Å²) in [4.78, 5) is 12.2. The van der Waals surface area contributed by atoms with Gasteiger partial charge in [0.1, 0.15) is 0 Å². The zero-order valence-corrected chi connectivity index (χ0v) is 14.1. The van der Waals surface area contributed by atoms with Crippen molar-refractivity contribution in [1.29, 1.82) is 0 Å². The highest BCUT2D eigenvalue weighted by Crippen LogP contribution is 2.24. The van der Waals surface area contributed by atoms with Gasteiger partial charge in [-0.25, -0.2) is 0 Å². The number of hydrogen-bond acceptors (Lipinski definition) is 2. The second-order valence-corrected chi connectivity index (χ2v) is 6.27. The Balaban J connectivity index is 2.25. The van der Waals surface area contributed by atoms with Gasteiger partial charge in [-0.15, -0.1) is 0 Å². The summed E-state index contributed by atoms with van der Waals surface area (Å²) >= 11 is 11.3. The molecule has 3 N–H and O–H groups in total. The molecule has 0 heterocycles. The Labute approximate surface area is 137 Å². The Hall–Kier alpha value is -0.790. The van der Waals surface area contributed by atoms with E-state index in [4.69, 9.17) is 17.3 Å². The SMILES string of the molecule is Nc1cc(NC(=O)c2cc(Cl)ccc2I)ccc1Br. The van der Waals surface area contributed by atoms with Crippen LogP contribution in [0, 0.1) is 3.57 Å². The van der Waals surface area contributed by atoms with Crippen LogP contribution in [0.2, 0.25) is 5.02 Å². The fourth-order valence-corrected chi connectivity index (χ4v) is 2.49. The molecule has 0 aromatic heterocycles. The van der Waals surface area contributed by atoms with Crippen LogP contribution >= 0.6 is 50.1 Å². The van der Waals surface area contributed by atoms with Gasteiger partial charge in [0.15, 0.2) is 0 Å². The van der Waals surface area contributed by atoms with Gasteiger partial charge < -0.3 is 11.1 Å². The van der Waals surface area contributed by atoms with E-state index >= 15 is 0 Å². The molecule has 0 aliphatic heterocycles. The standard InChI is InChI=1S/C13H9BrClIN2O/c14-10-3-2-8(6-12(10)17)18-13(19)9-5-7(15)1-4-11(9)16/h1-6H,17H2,(H,18,19). The molecule has 19 heavy (non-hydrogen) atoms. The summed E-state index contributed by atoms with van der Waals surface area (Å²) < 4.78 is 1.63. The van der Waals surface area contributed by atoms with E-state index in [2.05, 4.69) is 43.8 Å². The van der Waals surface area contributed by atoms with Crippen molar-refractivity contribution >= 4 is 67.4 Å². The first-order chi connectivity index (χ1) is 8.97. The number of nitrogen functional groups attached to an aromatic ring is 1. The summed E-state index contributed by atoms with van der Waals surface area (Å²) in [5, 5.41) is 3.32. The van der Waals surface area contributed by atoms with Gasteiger partial charge in [-0.1, -0.05) is 11.6 Å². The van der Waals surface area contributed by atoms with Crippen LogP contribution in [-0.2, 0) is 0 Å². The molecule has 0 spiro atoms. The van der Waals surface area contributed by atoms with Gasteiger partial charge in [0, 0.05) is 24.4 Å². The quantitative estimate of drug-likeness (QED) is 0.520. The van der Waals surface area contributed by atoms with Crippen LogP contribution < -0.4 is 11.1 Å². The molecule has 0 atom stereocenters. The van der Waals surface area contributed by atoms with Crippen molar-refractivity contribution in [2.75, 3.05) is 11.1 Å². The Kier molecular flexibility index (Phi) is 4.70. The third kappa shape index (κ3) is 3.61. The monoisotopic (exact) mass is 450 g/mol. The van der Waals surface area contributed by atoms with E-state index in [1.807, 2.05) is 0 Å². The molecule has 0 bridgehead atoms. The number of amides is 1. The number of rotatable bonds is 2. The smallest absolute Gasteiger partial charge is 0.256 e. The molecule has 0 fully saturated rings. The van der Waals surface area contributed by atoms with Gasteiger partial charge in [0.2, 0.25) is 0 Å². The zero-order valence-electron chi connectivity index (χ0n) is 9.58. The molecule has 6 heteroatoms. The lowest BCUT2D eigenvalue weighted by Gasteiger charge is -2.08. The zero-order chi connectivity index (χ0) is 14.0. The van der Waals surface area contributed by atoms with E-state index in [0.717, 1.165) is 8.04 Å². The lowest BCUT2D eigenvalue weighted by Crippen LogP contribution is -2.13. The fraction of sp³-hybridized carbons (Fsp3) is 0. The van der Waals surface area contributed by atoms with E-state index in [9.17, 15) is 4.79 Å². The van der Waals surface area contributed by atoms with Crippen LogP contribution in [-0.4, -0.2) is 5.91 Å². The highest BCUT2D eigenvalue weighted by molar-refractivity contribution is 14.1. The van der Waals surface area contributed by atoms with E-state index in [-0.39, 0.29) is 5.91 Å². The van der Waals surface area contributed by atoms with Crippen LogP contribution in [0.3, 0.4) is 0 Å². The largest absolute Gasteiger partial charge is 0.398 e. The average Bonchev–Trinajstić information content (AvgIpc) is 2.36. The van der Waals surface area contributed by atoms with E-state index in [1.54, 1.807) is 36.4 Å². The molecule has 0 unspecified atom stereocenters. The van der Waals surface area contributed by atoms with Gasteiger partial charge >= 0.3 is 0 Å². The summed E-state index contributed by atoms with van der Waals surface area (Å²) in [6, 6.07) is 10.4. The number of carbonyl (C=O) groups excluding carboxylic acids is 1. The second kappa shape index (κ2) is 6.11. The molecule has 1 amide bonds. The number of nitrogens with two attached hydrogens (primary N) is 1. The summed E-state index contributed by atoms with van der Waals surface area (Å²) in [6.07, 6.45) is 0. The first kappa shape index (κ1) is 14.6. The number of benzene rings is 2. The van der Waals surface area contributed by atoms with E-state index in [1.165, 1.54) is 0 Å². The van der Waals surface area contributed by atoms with E-state index in [0.29, 0.717) is 22.0 Å². The summed E-state index contributed by atoms with van der Waals surface area (Å²) in [6.45, 7) is 0. The van der Waals surface area contributed by atoms with Crippen LogP contribution in [0.25, 0.3) is 0 Å². The minimum Gasteiger partial charge on any atom is -0.398 e. The lowest BCUT2D eigenvalue weighted by molar-refractivity contribution is 0.102. The topological polar surface area (TPSA) is 55.1 Å². The van der Waals surface area contributed by atoms with Crippen LogP contribution in [0.1, 0.15) is 10.4 Å². The van der Waals surface area contributed by atoms with Crippen LogP contribution in [0.4, 0.5) is 11.4 Å². The predicted molar refractivity (Wildman–Crippen MR) is 90.7 cm³/mol. The third-order valence-electron chi connectivity index (χ3n) is 2.43. The van der Waals surface area contributed by atoms with Crippen LogP contribution in [0.15, 0.2) is 40.9 Å². The summed E-state index contributed by atoms with van der Waals surface area (Å²) in [5.41, 5.74) is 7.51. The van der Waals surface area contributed by atoms with Crippen molar-refractivity contribution < 1.29 is 4.79 Å². The average molecular weight is 451 g/mol. The molecule has 0 radical (unpaired) electrons. The maximum absolute atomic E-state index is 12.2. The molecular weight excluding hydrogens is 442 g/mol. The first-order valence-corrected chi connectivity index (χ1v) is 7.54. The highest BCUT2D eigenvalue weighted by atomic mass is 127. The highest BCUT2D eigenvalue weighted by Gasteiger charge is 2.11. The molecule has 2 aromatic rings. The van der Waals surface area contributed by atoms with Crippen molar-refractivity contribution in [3.8, 4) is 0 Å². The van der Waals surface area contributed by atoms with Gasteiger partial charge in [-0.3, -0.25) is 4.79 Å². The molecule has 0 saturated carbocycles. The maximum Gasteiger partial charge on any atom is 0.256 e. The van der Waals surface area contributed by atoms with Gasteiger partial charge in [-0.2, -0.15) is 0 Å². The van der Waals surface area contributed by atoms with Crippen LogP contribution in [0.5, 0.6) is 0 Å². The molecule has 2 aromatic carbocycles. The molecule has 2 rings (SSSR count). The Morgan fingerprint density at radius 2 is 2.00 bits per heavy atom. The second-order valence-electron chi connectivity index (χ2n) is 3.81. The predicted octanol–water partition coefficient (Wildman–Crippen LogP) is 4.54. The third-order valence-corrected chi connectivity index (χ3v) is 4.32. The molecular formula is C13H9BrClIN2O. The summed E-state index contributed by atoms with van der Waals surface area (Å²) in [7, 11) is 0. The maximum atomic E-state index is 12.2. The van der Waals surface area contributed by atoms with Gasteiger partial charge in [0.25, 0.3) is 5.91 Å². The number of hydrogen-bond donors (Lipinski definition) is 2. The summed E-state index contributed by atoms with van der Waals surface area (Å²) in [5.74, 6) is -0.214. The number of carbonyl (C=O) groups is 1. The number of anilines is 2. The molecule has 0 aliphatic rings. The van der Waals surface area contributed by atoms with Crippen molar-refractivity contribution in [1.82, 2.24) is 0 Å². The minimum atomic E-state index is -0.214. The number of nitrogens with one attached hydrogen (secondary N) is 1. The van der Waals surface area contributed by atoms with Crippen molar-refractivity contribution in [2.24, 2.45) is 0 Å². The Bertz CT molecular complexity index is 649. The first-order valence-electron chi connectivity index (χ1n) is 5.29. The van der Waals surface area contributed by atoms with Gasteiger partial charge in [0.05, 0.1) is 5.56 Å². The lowest BCUT2D eigenvalue weighted by atomic mass is 10.2. The normalized spacial score (nSPS) is 10.3. The molecule has 3 nitrogen and oxygen atoms in total.